The number of amides is 1. The Labute approximate surface area is 192 Å². The van der Waals surface area contributed by atoms with Gasteiger partial charge < -0.3 is 9.47 Å². The lowest BCUT2D eigenvalue weighted by Crippen LogP contribution is -2.32. The fourth-order valence-electron chi connectivity index (χ4n) is 3.87. The maximum Gasteiger partial charge on any atom is 0.250 e. The molecule has 0 unspecified atom stereocenters. The first-order chi connectivity index (χ1) is 15.5. The number of anilines is 1. The second kappa shape index (κ2) is 10.1. The molecule has 1 saturated heterocycles. The largest absolute Gasteiger partial charge is 0.493 e. The van der Waals surface area contributed by atoms with Gasteiger partial charge in [-0.15, -0.1) is 0 Å². The van der Waals surface area contributed by atoms with E-state index in [1.54, 1.807) is 20.3 Å². The summed E-state index contributed by atoms with van der Waals surface area (Å²) in [6.45, 7) is 5.63. The minimum absolute atomic E-state index is 0.221. The number of carbonyl (C=O) groups excluding carboxylic acids is 1. The van der Waals surface area contributed by atoms with Crippen LogP contribution in [0.4, 0.5) is 5.13 Å². The smallest absolute Gasteiger partial charge is 0.250 e. The fourth-order valence-corrected chi connectivity index (χ4v) is 4.81. The standard InChI is InChI=1S/C25H29N3O3S/c1-17-10-12-28(13-11-17)16-19-4-7-20-23(15-19)32-25(26-20)27-24(29)9-6-18-5-8-21(30-2)22(14-18)31-3/h4-9,14-15,17H,10-13,16H2,1-3H3,(H,26,27,29)/b9-6+. The molecule has 1 aromatic heterocycles. The Hall–Kier alpha value is -2.90. The highest BCUT2D eigenvalue weighted by Gasteiger charge is 2.16. The number of thiazole rings is 1. The highest BCUT2D eigenvalue weighted by molar-refractivity contribution is 7.22. The van der Waals surface area contributed by atoms with Crippen molar-refractivity contribution in [1.29, 1.82) is 0 Å². The van der Waals surface area contributed by atoms with Crippen molar-refractivity contribution >= 4 is 38.7 Å². The number of likely N-dealkylation sites (tertiary alicyclic amines) is 1. The summed E-state index contributed by atoms with van der Waals surface area (Å²) in [4.78, 5) is 19.5. The number of piperidine rings is 1. The molecule has 0 aliphatic carbocycles. The molecule has 1 fully saturated rings. The van der Waals surface area contributed by atoms with E-state index in [1.165, 1.54) is 35.8 Å². The van der Waals surface area contributed by atoms with Gasteiger partial charge >= 0.3 is 0 Å². The number of nitrogens with zero attached hydrogens (tertiary/aromatic N) is 2. The number of rotatable bonds is 7. The van der Waals surface area contributed by atoms with Gasteiger partial charge in [0.2, 0.25) is 5.91 Å². The number of ether oxygens (including phenoxy) is 2. The molecule has 0 atom stereocenters. The molecular weight excluding hydrogens is 422 g/mol. The van der Waals surface area contributed by atoms with Gasteiger partial charge in [0, 0.05) is 12.6 Å². The van der Waals surface area contributed by atoms with Crippen LogP contribution in [0.15, 0.2) is 42.5 Å². The normalized spacial score (nSPS) is 15.3. The van der Waals surface area contributed by atoms with Crippen LogP contribution in [0.2, 0.25) is 0 Å². The first kappa shape index (κ1) is 22.3. The third kappa shape index (κ3) is 5.47. The van der Waals surface area contributed by atoms with Gasteiger partial charge in [0.1, 0.15) is 0 Å². The van der Waals surface area contributed by atoms with Gasteiger partial charge in [0.25, 0.3) is 0 Å². The van der Waals surface area contributed by atoms with Crippen LogP contribution in [-0.4, -0.2) is 43.1 Å². The molecular formula is C25H29N3O3S. The Morgan fingerprint density at radius 2 is 1.94 bits per heavy atom. The lowest BCUT2D eigenvalue weighted by molar-refractivity contribution is -0.111. The molecule has 1 N–H and O–H groups in total. The molecule has 0 spiro atoms. The molecule has 4 rings (SSSR count). The topological polar surface area (TPSA) is 63.7 Å². The van der Waals surface area contributed by atoms with Gasteiger partial charge in [-0.05, 0) is 73.3 Å². The number of fused-ring (bicyclic) bond motifs is 1. The van der Waals surface area contributed by atoms with E-state index in [1.807, 2.05) is 24.3 Å². The van der Waals surface area contributed by atoms with E-state index >= 15 is 0 Å². The monoisotopic (exact) mass is 451 g/mol. The van der Waals surface area contributed by atoms with Gasteiger partial charge in [-0.2, -0.15) is 0 Å². The number of aromatic nitrogens is 1. The Morgan fingerprint density at radius 3 is 2.69 bits per heavy atom. The van der Waals surface area contributed by atoms with Gasteiger partial charge in [-0.3, -0.25) is 15.0 Å². The second-order valence-corrected chi connectivity index (χ2v) is 9.25. The predicted molar refractivity (Wildman–Crippen MR) is 131 cm³/mol. The number of hydrogen-bond acceptors (Lipinski definition) is 6. The second-order valence-electron chi connectivity index (χ2n) is 8.22. The van der Waals surface area contributed by atoms with E-state index in [2.05, 4.69) is 34.3 Å². The van der Waals surface area contributed by atoms with E-state index in [0.717, 1.165) is 41.3 Å². The number of methoxy groups -OCH3 is 2. The maximum atomic E-state index is 12.4. The molecule has 1 aliphatic heterocycles. The van der Waals surface area contributed by atoms with Crippen molar-refractivity contribution in [2.24, 2.45) is 5.92 Å². The number of benzene rings is 2. The lowest BCUT2D eigenvalue weighted by atomic mass is 9.99. The molecule has 6 nitrogen and oxygen atoms in total. The molecule has 32 heavy (non-hydrogen) atoms. The van der Waals surface area contributed by atoms with E-state index in [4.69, 9.17) is 9.47 Å². The van der Waals surface area contributed by atoms with Crippen molar-refractivity contribution in [3.63, 3.8) is 0 Å². The first-order valence-electron chi connectivity index (χ1n) is 10.9. The van der Waals surface area contributed by atoms with Gasteiger partial charge in [-0.1, -0.05) is 30.4 Å². The fraction of sp³-hybridized carbons (Fsp3) is 0.360. The number of carbonyl (C=O) groups is 1. The summed E-state index contributed by atoms with van der Waals surface area (Å²) in [6, 6.07) is 11.9. The van der Waals surface area contributed by atoms with Crippen LogP contribution in [0.1, 0.15) is 30.9 Å². The van der Waals surface area contributed by atoms with Crippen LogP contribution < -0.4 is 14.8 Å². The third-order valence-corrected chi connectivity index (χ3v) is 6.73. The average molecular weight is 452 g/mol. The maximum absolute atomic E-state index is 12.4. The summed E-state index contributed by atoms with van der Waals surface area (Å²) >= 11 is 1.50. The van der Waals surface area contributed by atoms with Crippen molar-refractivity contribution in [3.8, 4) is 11.5 Å². The molecule has 0 bridgehead atoms. The number of hydrogen-bond donors (Lipinski definition) is 1. The summed E-state index contributed by atoms with van der Waals surface area (Å²) in [5.74, 6) is 1.89. The Bertz CT molecular complexity index is 1120. The van der Waals surface area contributed by atoms with Crippen LogP contribution in [0.25, 0.3) is 16.3 Å². The van der Waals surface area contributed by atoms with Crippen LogP contribution in [0.5, 0.6) is 11.5 Å². The number of nitrogens with one attached hydrogen (secondary N) is 1. The molecule has 1 aliphatic rings. The van der Waals surface area contributed by atoms with Crippen LogP contribution in [-0.2, 0) is 11.3 Å². The lowest BCUT2D eigenvalue weighted by Gasteiger charge is -2.30. The highest BCUT2D eigenvalue weighted by atomic mass is 32.1. The molecule has 168 valence electrons. The van der Waals surface area contributed by atoms with Crippen LogP contribution in [0.3, 0.4) is 0 Å². The van der Waals surface area contributed by atoms with Crippen molar-refractivity contribution in [3.05, 3.63) is 53.6 Å². The Balaban J connectivity index is 1.39. The quantitative estimate of drug-likeness (QED) is 0.501. The summed E-state index contributed by atoms with van der Waals surface area (Å²) < 4.78 is 11.6. The minimum Gasteiger partial charge on any atom is -0.493 e. The highest BCUT2D eigenvalue weighted by Crippen LogP contribution is 2.29. The van der Waals surface area contributed by atoms with Crippen molar-refractivity contribution in [1.82, 2.24) is 9.88 Å². The van der Waals surface area contributed by atoms with Crippen LogP contribution in [0, 0.1) is 5.92 Å². The van der Waals surface area contributed by atoms with Crippen molar-refractivity contribution in [2.75, 3.05) is 32.6 Å². The zero-order valence-electron chi connectivity index (χ0n) is 18.8. The Kier molecular flexibility index (Phi) is 7.07. The summed E-state index contributed by atoms with van der Waals surface area (Å²) in [7, 11) is 3.18. The average Bonchev–Trinajstić information content (AvgIpc) is 3.20. The molecule has 3 aromatic rings. The molecule has 2 aromatic carbocycles. The SMILES string of the molecule is COc1ccc(/C=C/C(=O)Nc2nc3ccc(CN4CCC(C)CC4)cc3s2)cc1OC. The predicted octanol–water partition coefficient (Wildman–Crippen LogP) is 5.20. The molecule has 7 heteroatoms. The van der Waals surface area contributed by atoms with Gasteiger partial charge in [-0.25, -0.2) is 4.98 Å². The minimum atomic E-state index is -0.221. The Morgan fingerprint density at radius 1 is 1.16 bits per heavy atom. The van der Waals surface area contributed by atoms with Gasteiger partial charge in [0.05, 0.1) is 24.4 Å². The zero-order valence-corrected chi connectivity index (χ0v) is 19.6. The third-order valence-electron chi connectivity index (χ3n) is 5.80. The van der Waals surface area contributed by atoms with Crippen LogP contribution >= 0.6 is 11.3 Å². The summed E-state index contributed by atoms with van der Waals surface area (Å²) in [5.41, 5.74) is 3.05. The molecule has 1 amide bonds. The van der Waals surface area contributed by atoms with E-state index < -0.39 is 0 Å². The first-order valence-corrected chi connectivity index (χ1v) is 11.7. The zero-order chi connectivity index (χ0) is 22.5. The molecule has 2 heterocycles. The van der Waals surface area contributed by atoms with E-state index in [9.17, 15) is 4.79 Å². The van der Waals surface area contributed by atoms with Crippen molar-refractivity contribution < 1.29 is 14.3 Å². The molecule has 0 radical (unpaired) electrons. The van der Waals surface area contributed by atoms with E-state index in [-0.39, 0.29) is 5.91 Å². The molecule has 0 saturated carbocycles. The summed E-state index contributed by atoms with van der Waals surface area (Å²) in [6.07, 6.45) is 5.78. The van der Waals surface area contributed by atoms with Gasteiger partial charge in [0.15, 0.2) is 16.6 Å². The van der Waals surface area contributed by atoms with Crippen molar-refractivity contribution in [2.45, 2.75) is 26.3 Å². The van der Waals surface area contributed by atoms with E-state index in [0.29, 0.717) is 16.6 Å². The summed E-state index contributed by atoms with van der Waals surface area (Å²) in [5, 5.41) is 3.48.